The quantitative estimate of drug-likeness (QED) is 0.492. The molecule has 1 aromatic heterocycles. The van der Waals surface area contributed by atoms with E-state index in [2.05, 4.69) is 68.9 Å². The van der Waals surface area contributed by atoms with Crippen molar-refractivity contribution < 1.29 is 0 Å². The zero-order valence-electron chi connectivity index (χ0n) is 17.0. The number of aliphatic imine (C=N–C) groups is 1. The van der Waals surface area contributed by atoms with Crippen molar-refractivity contribution in [1.82, 2.24) is 4.90 Å². The number of nitrogens with zero attached hydrogens (tertiary/aromatic N) is 3. The number of rotatable bonds is 6. The van der Waals surface area contributed by atoms with Gasteiger partial charge in [-0.1, -0.05) is 18.2 Å². The fraction of sp³-hybridized carbons (Fsp3) is 0.400. The van der Waals surface area contributed by atoms with Crippen molar-refractivity contribution in [3.8, 4) is 0 Å². The number of unbranched alkanes of at least 4 members (excludes halogenated alkanes) is 1. The molecule has 5 rings (SSSR count). The van der Waals surface area contributed by atoms with Gasteiger partial charge >= 0.3 is 0 Å². The normalized spacial score (nSPS) is 17.0. The first-order valence-corrected chi connectivity index (χ1v) is 11.8. The van der Waals surface area contributed by atoms with Crippen LogP contribution in [0.3, 0.4) is 0 Å². The highest BCUT2D eigenvalue weighted by Crippen LogP contribution is 2.31. The Kier molecular flexibility index (Phi) is 5.64. The van der Waals surface area contributed by atoms with Gasteiger partial charge in [-0.05, 0) is 79.4 Å². The van der Waals surface area contributed by atoms with E-state index in [9.17, 15) is 0 Å². The number of hydrogen-bond acceptors (Lipinski definition) is 4. The summed E-state index contributed by atoms with van der Waals surface area (Å²) in [5.74, 6) is 0. The molecule has 3 nitrogen and oxygen atoms in total. The molecule has 1 saturated heterocycles. The lowest BCUT2D eigenvalue weighted by atomic mass is 10.0. The molecule has 3 heterocycles. The predicted octanol–water partition coefficient (Wildman–Crippen LogP) is 5.69. The van der Waals surface area contributed by atoms with E-state index >= 15 is 0 Å². The molecule has 29 heavy (non-hydrogen) atoms. The molecule has 0 atom stereocenters. The minimum absolute atomic E-state index is 1.09. The number of benzene rings is 2. The summed E-state index contributed by atoms with van der Waals surface area (Å²) >= 11 is 1.84. The minimum atomic E-state index is 1.09. The van der Waals surface area contributed by atoms with E-state index in [4.69, 9.17) is 0 Å². The van der Waals surface area contributed by atoms with Crippen molar-refractivity contribution in [3.05, 3.63) is 59.0 Å². The Balaban J connectivity index is 1.08. The maximum atomic E-state index is 4.57. The minimum Gasteiger partial charge on any atom is -0.368 e. The van der Waals surface area contributed by atoms with Crippen LogP contribution in [0.2, 0.25) is 0 Å². The summed E-state index contributed by atoms with van der Waals surface area (Å²) in [6.07, 6.45) is 8.00. The van der Waals surface area contributed by atoms with Crippen LogP contribution in [0.25, 0.3) is 10.1 Å². The second kappa shape index (κ2) is 8.68. The molecule has 4 heteroatoms. The van der Waals surface area contributed by atoms with Crippen LogP contribution in [0.1, 0.15) is 30.4 Å². The van der Waals surface area contributed by atoms with Gasteiger partial charge < -0.3 is 4.90 Å². The van der Waals surface area contributed by atoms with Gasteiger partial charge in [0.05, 0.1) is 5.69 Å². The van der Waals surface area contributed by atoms with Crippen molar-refractivity contribution in [3.63, 3.8) is 0 Å². The molecule has 1 fully saturated rings. The van der Waals surface area contributed by atoms with E-state index in [0.717, 1.165) is 25.9 Å². The van der Waals surface area contributed by atoms with Crippen LogP contribution in [0.5, 0.6) is 0 Å². The number of aryl methyl sites for hydroxylation is 2. The zero-order chi connectivity index (χ0) is 19.5. The van der Waals surface area contributed by atoms with Crippen LogP contribution in [0.15, 0.2) is 52.8 Å². The van der Waals surface area contributed by atoms with Gasteiger partial charge in [0.15, 0.2) is 0 Å². The molecule has 0 aliphatic carbocycles. The van der Waals surface area contributed by atoms with Crippen LogP contribution in [-0.2, 0) is 12.8 Å². The third-order valence-corrected chi connectivity index (χ3v) is 7.18. The van der Waals surface area contributed by atoms with Crippen molar-refractivity contribution in [1.29, 1.82) is 0 Å². The predicted molar refractivity (Wildman–Crippen MR) is 126 cm³/mol. The maximum absolute atomic E-state index is 4.57. The van der Waals surface area contributed by atoms with Crippen LogP contribution in [-0.4, -0.2) is 43.8 Å². The summed E-state index contributed by atoms with van der Waals surface area (Å²) < 4.78 is 1.40. The van der Waals surface area contributed by atoms with Crippen LogP contribution >= 0.6 is 11.3 Å². The second-order valence-electron chi connectivity index (χ2n) is 8.21. The molecule has 0 amide bonds. The molecule has 3 aromatic rings. The Bertz CT molecular complexity index is 998. The lowest BCUT2D eigenvalue weighted by Crippen LogP contribution is -2.46. The highest BCUT2D eigenvalue weighted by Gasteiger charge is 2.18. The molecule has 0 radical (unpaired) electrons. The smallest absolute Gasteiger partial charge is 0.0660 e. The molecular weight excluding hydrogens is 374 g/mol. The van der Waals surface area contributed by atoms with Crippen LogP contribution < -0.4 is 4.90 Å². The van der Waals surface area contributed by atoms with Gasteiger partial charge in [0.25, 0.3) is 0 Å². The van der Waals surface area contributed by atoms with Gasteiger partial charge in [-0.3, -0.25) is 9.89 Å². The summed E-state index contributed by atoms with van der Waals surface area (Å²) in [5, 5.41) is 3.62. The number of anilines is 1. The second-order valence-corrected chi connectivity index (χ2v) is 9.16. The third kappa shape index (κ3) is 4.24. The number of fused-ring (bicyclic) bond motifs is 2. The molecule has 2 aliphatic rings. The highest BCUT2D eigenvalue weighted by atomic mass is 32.1. The van der Waals surface area contributed by atoms with E-state index in [1.54, 1.807) is 0 Å². The lowest BCUT2D eigenvalue weighted by Gasteiger charge is -2.36. The van der Waals surface area contributed by atoms with Crippen molar-refractivity contribution in [2.45, 2.75) is 32.1 Å². The first kappa shape index (κ1) is 18.8. The van der Waals surface area contributed by atoms with Crippen LogP contribution in [0.4, 0.5) is 11.4 Å². The van der Waals surface area contributed by atoms with Crippen LogP contribution in [0, 0.1) is 0 Å². The Labute approximate surface area is 177 Å². The molecule has 2 aromatic carbocycles. The Hall–Kier alpha value is -2.17. The summed E-state index contributed by atoms with van der Waals surface area (Å²) in [5.41, 5.74) is 5.47. The number of thiophene rings is 1. The summed E-state index contributed by atoms with van der Waals surface area (Å²) in [7, 11) is 0. The van der Waals surface area contributed by atoms with E-state index < -0.39 is 0 Å². The molecule has 2 aliphatic heterocycles. The molecule has 0 N–H and O–H groups in total. The molecule has 0 spiro atoms. The van der Waals surface area contributed by atoms with Gasteiger partial charge in [0, 0.05) is 48.2 Å². The van der Waals surface area contributed by atoms with Gasteiger partial charge in [-0.15, -0.1) is 11.3 Å². The number of hydrogen-bond donors (Lipinski definition) is 0. The average Bonchev–Trinajstić information content (AvgIpc) is 3.26. The topological polar surface area (TPSA) is 18.8 Å². The van der Waals surface area contributed by atoms with E-state index in [1.165, 1.54) is 71.5 Å². The van der Waals surface area contributed by atoms with E-state index in [-0.39, 0.29) is 0 Å². The summed E-state index contributed by atoms with van der Waals surface area (Å²) in [6, 6.07) is 15.9. The Morgan fingerprint density at radius 3 is 2.83 bits per heavy atom. The third-order valence-electron chi connectivity index (χ3n) is 6.30. The summed E-state index contributed by atoms with van der Waals surface area (Å²) in [4.78, 5) is 9.77. The molecule has 0 bridgehead atoms. The molecule has 0 saturated carbocycles. The monoisotopic (exact) mass is 403 g/mol. The van der Waals surface area contributed by atoms with E-state index in [1.807, 2.05) is 11.3 Å². The Morgan fingerprint density at radius 1 is 0.966 bits per heavy atom. The molecular formula is C25H29N3S. The van der Waals surface area contributed by atoms with Gasteiger partial charge in [0.2, 0.25) is 0 Å². The molecule has 0 unspecified atom stereocenters. The Morgan fingerprint density at radius 2 is 1.90 bits per heavy atom. The van der Waals surface area contributed by atoms with Gasteiger partial charge in [0.1, 0.15) is 0 Å². The fourth-order valence-corrected chi connectivity index (χ4v) is 5.42. The largest absolute Gasteiger partial charge is 0.368 e. The number of piperazine rings is 1. The summed E-state index contributed by atoms with van der Waals surface area (Å²) in [6.45, 7) is 5.84. The standard InChI is InChI=1S/C25H29N3S/c1(5-20-9-10-21-6-4-12-26-23(21)19-20)2-13-27-14-16-28(17-15-27)24-7-3-8-25-22(24)11-18-29-25/h3,7-12,18-19H,1-2,4-6,13-17H2. The average molecular weight is 404 g/mol. The van der Waals surface area contributed by atoms with E-state index in [0.29, 0.717) is 0 Å². The van der Waals surface area contributed by atoms with Crippen molar-refractivity contribution in [2.75, 3.05) is 37.6 Å². The highest BCUT2D eigenvalue weighted by molar-refractivity contribution is 7.17. The first-order chi connectivity index (χ1) is 14.4. The first-order valence-electron chi connectivity index (χ1n) is 10.9. The lowest BCUT2D eigenvalue weighted by molar-refractivity contribution is 0.253. The van der Waals surface area contributed by atoms with Crippen molar-refractivity contribution in [2.24, 2.45) is 4.99 Å². The fourth-order valence-electron chi connectivity index (χ4n) is 4.61. The van der Waals surface area contributed by atoms with Crippen molar-refractivity contribution >= 4 is 39.0 Å². The molecule has 150 valence electrons. The van der Waals surface area contributed by atoms with Gasteiger partial charge in [-0.25, -0.2) is 0 Å². The zero-order valence-corrected chi connectivity index (χ0v) is 17.8. The SMILES string of the molecule is C1=Nc2cc(CCCCN3CCN(c4cccc5sccc45)CC3)ccc2CC1. The van der Waals surface area contributed by atoms with Gasteiger partial charge in [-0.2, -0.15) is 0 Å². The maximum Gasteiger partial charge on any atom is 0.0660 e.